The van der Waals surface area contributed by atoms with Crippen LogP contribution in [0.5, 0.6) is 0 Å². The molecular formula is C12H21N3O2. The van der Waals surface area contributed by atoms with E-state index < -0.39 is 0 Å². The molecule has 0 amide bonds. The minimum atomic E-state index is -0.115. The molecule has 0 aromatic carbocycles. The van der Waals surface area contributed by atoms with Gasteiger partial charge in [0, 0.05) is 18.1 Å². The number of nitrogens with one attached hydrogen (secondary N) is 1. The van der Waals surface area contributed by atoms with Gasteiger partial charge in [-0.3, -0.25) is 0 Å². The van der Waals surface area contributed by atoms with Crippen molar-refractivity contribution in [1.29, 1.82) is 0 Å². The number of aliphatic hydroxyl groups excluding tert-OH is 1. The number of aliphatic hydroxyl groups is 1. The zero-order chi connectivity index (χ0) is 12.5. The van der Waals surface area contributed by atoms with Crippen molar-refractivity contribution in [3.05, 3.63) is 5.89 Å². The molecule has 96 valence electrons. The first-order valence-electron chi connectivity index (χ1n) is 6.20. The maximum Gasteiger partial charge on any atom is 0.263 e. The zero-order valence-corrected chi connectivity index (χ0v) is 10.7. The van der Waals surface area contributed by atoms with Crippen LogP contribution in [-0.2, 0) is 5.41 Å². The summed E-state index contributed by atoms with van der Waals surface area (Å²) in [4.78, 5) is 4.34. The molecule has 0 bridgehead atoms. The number of anilines is 1. The van der Waals surface area contributed by atoms with E-state index in [4.69, 9.17) is 9.63 Å². The van der Waals surface area contributed by atoms with E-state index in [0.717, 1.165) is 19.3 Å². The van der Waals surface area contributed by atoms with Crippen molar-refractivity contribution in [3.8, 4) is 0 Å². The average Bonchev–Trinajstić information content (AvgIpc) is 2.86. The van der Waals surface area contributed by atoms with Crippen LogP contribution in [0.25, 0.3) is 0 Å². The topological polar surface area (TPSA) is 71.2 Å². The molecular weight excluding hydrogens is 218 g/mol. The fourth-order valence-electron chi connectivity index (χ4n) is 2.14. The smallest absolute Gasteiger partial charge is 0.263 e. The molecule has 2 rings (SSSR count). The lowest BCUT2D eigenvalue weighted by molar-refractivity contribution is 0.229. The van der Waals surface area contributed by atoms with Gasteiger partial charge in [0.25, 0.3) is 5.95 Å². The summed E-state index contributed by atoms with van der Waals surface area (Å²) in [6.07, 6.45) is 3.11. The van der Waals surface area contributed by atoms with Gasteiger partial charge in [0.15, 0.2) is 0 Å². The van der Waals surface area contributed by atoms with E-state index in [2.05, 4.69) is 15.5 Å². The fraction of sp³-hybridized carbons (Fsp3) is 0.833. The Morgan fingerprint density at radius 3 is 2.71 bits per heavy atom. The summed E-state index contributed by atoms with van der Waals surface area (Å²) in [5.41, 5.74) is -0.115. The van der Waals surface area contributed by atoms with Crippen LogP contribution in [0.1, 0.15) is 45.9 Å². The van der Waals surface area contributed by atoms with Gasteiger partial charge in [0.1, 0.15) is 0 Å². The first-order valence-corrected chi connectivity index (χ1v) is 6.20. The van der Waals surface area contributed by atoms with Gasteiger partial charge in [-0.05, 0) is 30.3 Å². The molecule has 5 nitrogen and oxygen atoms in total. The van der Waals surface area contributed by atoms with Gasteiger partial charge >= 0.3 is 0 Å². The third-order valence-corrected chi connectivity index (χ3v) is 3.20. The van der Waals surface area contributed by atoms with Crippen LogP contribution >= 0.6 is 0 Å². The molecule has 1 aromatic rings. The van der Waals surface area contributed by atoms with E-state index in [1.54, 1.807) is 0 Å². The molecule has 0 unspecified atom stereocenters. The molecule has 1 aromatic heterocycles. The second kappa shape index (κ2) is 4.64. The molecule has 1 saturated carbocycles. The van der Waals surface area contributed by atoms with Crippen LogP contribution in [0.4, 0.5) is 5.95 Å². The van der Waals surface area contributed by atoms with Crippen molar-refractivity contribution in [2.75, 3.05) is 11.9 Å². The zero-order valence-electron chi connectivity index (χ0n) is 10.7. The SMILES string of the molecule is CC(C)(C)c1nc(N[C@H]2CC[C@@H](CO)C2)no1. The van der Waals surface area contributed by atoms with Gasteiger partial charge in [-0.15, -0.1) is 0 Å². The highest BCUT2D eigenvalue weighted by atomic mass is 16.5. The Morgan fingerprint density at radius 1 is 1.41 bits per heavy atom. The lowest BCUT2D eigenvalue weighted by Gasteiger charge is -2.11. The molecule has 2 N–H and O–H groups in total. The second-order valence-corrected chi connectivity index (χ2v) is 5.88. The maximum absolute atomic E-state index is 9.08. The van der Waals surface area contributed by atoms with Gasteiger partial charge in [-0.1, -0.05) is 20.8 Å². The molecule has 17 heavy (non-hydrogen) atoms. The van der Waals surface area contributed by atoms with Crippen molar-refractivity contribution in [3.63, 3.8) is 0 Å². The lowest BCUT2D eigenvalue weighted by Crippen LogP contribution is -2.17. The molecule has 0 radical (unpaired) electrons. The highest BCUT2D eigenvalue weighted by Gasteiger charge is 2.26. The second-order valence-electron chi connectivity index (χ2n) is 5.88. The molecule has 2 atom stereocenters. The van der Waals surface area contributed by atoms with Crippen LogP contribution in [0.3, 0.4) is 0 Å². The van der Waals surface area contributed by atoms with Crippen LogP contribution in [0.15, 0.2) is 4.52 Å². The number of hydrogen-bond donors (Lipinski definition) is 2. The Kier molecular flexibility index (Phi) is 3.38. The van der Waals surface area contributed by atoms with Gasteiger partial charge < -0.3 is 14.9 Å². The lowest BCUT2D eigenvalue weighted by atomic mass is 9.97. The van der Waals surface area contributed by atoms with Gasteiger partial charge in [0.2, 0.25) is 5.89 Å². The predicted molar refractivity (Wildman–Crippen MR) is 64.8 cm³/mol. The summed E-state index contributed by atoms with van der Waals surface area (Å²) in [6.45, 7) is 6.41. The normalized spacial score (nSPS) is 25.2. The standard InChI is InChI=1S/C12H21N3O2/c1-12(2,3)10-14-11(15-17-10)13-9-5-4-8(6-9)7-16/h8-9,16H,4-7H2,1-3H3,(H,13,15)/t8-,9+/m1/s1. The highest BCUT2D eigenvalue weighted by Crippen LogP contribution is 2.27. The van der Waals surface area contributed by atoms with E-state index in [1.165, 1.54) is 0 Å². The van der Waals surface area contributed by atoms with Crippen LogP contribution in [0, 0.1) is 5.92 Å². The Hall–Kier alpha value is -1.10. The monoisotopic (exact) mass is 239 g/mol. The molecule has 1 heterocycles. The summed E-state index contributed by atoms with van der Waals surface area (Å²) in [7, 11) is 0. The third-order valence-electron chi connectivity index (χ3n) is 3.20. The van der Waals surface area contributed by atoms with Crippen molar-refractivity contribution in [2.24, 2.45) is 5.92 Å². The number of nitrogens with zero attached hydrogens (tertiary/aromatic N) is 2. The van der Waals surface area contributed by atoms with Crippen LogP contribution in [0.2, 0.25) is 0 Å². The number of hydrogen-bond acceptors (Lipinski definition) is 5. The maximum atomic E-state index is 9.08. The Bertz CT molecular complexity index is 370. The highest BCUT2D eigenvalue weighted by molar-refractivity contribution is 5.25. The minimum absolute atomic E-state index is 0.115. The van der Waals surface area contributed by atoms with Crippen molar-refractivity contribution in [1.82, 2.24) is 10.1 Å². The summed E-state index contributed by atoms with van der Waals surface area (Å²) in [5, 5.41) is 16.3. The van der Waals surface area contributed by atoms with Crippen molar-refractivity contribution < 1.29 is 9.63 Å². The molecule has 1 aliphatic carbocycles. The third kappa shape index (κ3) is 2.97. The van der Waals surface area contributed by atoms with E-state index in [0.29, 0.717) is 23.8 Å². The van der Waals surface area contributed by atoms with Crippen molar-refractivity contribution >= 4 is 5.95 Å². The summed E-state index contributed by atoms with van der Waals surface area (Å²) in [6, 6.07) is 0.359. The molecule has 0 saturated heterocycles. The molecule has 1 fully saturated rings. The summed E-state index contributed by atoms with van der Waals surface area (Å²) in [5.74, 6) is 1.64. The quantitative estimate of drug-likeness (QED) is 0.843. The minimum Gasteiger partial charge on any atom is -0.396 e. The number of rotatable bonds is 3. The molecule has 5 heteroatoms. The number of aromatic nitrogens is 2. The first kappa shape index (κ1) is 12.4. The Morgan fingerprint density at radius 2 is 2.18 bits per heavy atom. The average molecular weight is 239 g/mol. The Balaban J connectivity index is 1.94. The van der Waals surface area contributed by atoms with E-state index in [9.17, 15) is 0 Å². The molecule has 1 aliphatic rings. The van der Waals surface area contributed by atoms with Crippen LogP contribution < -0.4 is 5.32 Å². The van der Waals surface area contributed by atoms with Gasteiger partial charge in [-0.25, -0.2) is 0 Å². The largest absolute Gasteiger partial charge is 0.396 e. The summed E-state index contributed by atoms with van der Waals surface area (Å²) < 4.78 is 5.22. The first-order chi connectivity index (χ1) is 7.99. The van der Waals surface area contributed by atoms with Crippen LogP contribution in [-0.4, -0.2) is 27.9 Å². The van der Waals surface area contributed by atoms with E-state index in [-0.39, 0.29) is 12.0 Å². The van der Waals surface area contributed by atoms with E-state index in [1.807, 2.05) is 20.8 Å². The van der Waals surface area contributed by atoms with Gasteiger partial charge in [0.05, 0.1) is 0 Å². The molecule has 0 spiro atoms. The fourth-order valence-corrected chi connectivity index (χ4v) is 2.14. The van der Waals surface area contributed by atoms with Gasteiger partial charge in [-0.2, -0.15) is 4.98 Å². The Labute approximate surface area is 102 Å². The summed E-state index contributed by atoms with van der Waals surface area (Å²) >= 11 is 0. The van der Waals surface area contributed by atoms with Crippen molar-refractivity contribution in [2.45, 2.75) is 51.5 Å². The van der Waals surface area contributed by atoms with E-state index >= 15 is 0 Å². The molecule has 0 aliphatic heterocycles. The predicted octanol–water partition coefficient (Wildman–Crippen LogP) is 1.94.